The van der Waals surface area contributed by atoms with Crippen molar-refractivity contribution in [3.63, 3.8) is 0 Å². The average Bonchev–Trinajstić information content (AvgIpc) is 2.49. The minimum absolute atomic E-state index is 0.0722. The van der Waals surface area contributed by atoms with Crippen LogP contribution in [0.3, 0.4) is 0 Å². The van der Waals surface area contributed by atoms with E-state index in [0.717, 1.165) is 18.2 Å². The third-order valence-electron chi connectivity index (χ3n) is 3.31. The molecule has 2 aromatic carbocycles. The van der Waals surface area contributed by atoms with Crippen molar-refractivity contribution in [2.45, 2.75) is 19.1 Å². The van der Waals surface area contributed by atoms with Crippen molar-refractivity contribution in [1.82, 2.24) is 5.32 Å². The lowest BCUT2D eigenvalue weighted by molar-refractivity contribution is 0.0848. The number of hydrogen-bond acceptors (Lipinski definition) is 2. The van der Waals surface area contributed by atoms with E-state index in [1.807, 2.05) is 0 Å². The summed E-state index contributed by atoms with van der Waals surface area (Å²) in [6.45, 7) is 1.44. The molecule has 0 saturated heterocycles. The maximum absolute atomic E-state index is 13.7. The van der Waals surface area contributed by atoms with Gasteiger partial charge in [0.15, 0.2) is 11.6 Å². The molecule has 1 amide bonds. The van der Waals surface area contributed by atoms with E-state index in [2.05, 4.69) is 5.32 Å². The van der Waals surface area contributed by atoms with Gasteiger partial charge in [-0.15, -0.1) is 0 Å². The molecule has 7 heteroatoms. The third-order valence-corrected chi connectivity index (χ3v) is 3.62. The Morgan fingerprint density at radius 3 is 2.43 bits per heavy atom. The predicted molar refractivity (Wildman–Crippen MR) is 79.7 cm³/mol. The molecular formula is C16H13ClF3NO2. The van der Waals surface area contributed by atoms with Gasteiger partial charge in [0.25, 0.3) is 5.91 Å². The SMILES string of the molecule is CC(NC(=O)c1c(F)cccc1Cl)C(O)c1ccc(F)c(F)c1. The molecule has 0 aliphatic carbocycles. The normalized spacial score (nSPS) is 13.5. The number of carbonyl (C=O) groups is 1. The van der Waals surface area contributed by atoms with Gasteiger partial charge in [-0.2, -0.15) is 0 Å². The Balaban J connectivity index is 2.16. The van der Waals surface area contributed by atoms with E-state index in [-0.39, 0.29) is 16.1 Å². The predicted octanol–water partition coefficient (Wildman–Crippen LogP) is 3.61. The lowest BCUT2D eigenvalue weighted by Gasteiger charge is -2.21. The molecule has 0 aromatic heterocycles. The van der Waals surface area contributed by atoms with Crippen molar-refractivity contribution >= 4 is 17.5 Å². The van der Waals surface area contributed by atoms with E-state index in [1.54, 1.807) is 0 Å². The van der Waals surface area contributed by atoms with E-state index < -0.39 is 35.5 Å². The molecule has 0 bridgehead atoms. The second-order valence-corrected chi connectivity index (χ2v) is 5.38. The summed E-state index contributed by atoms with van der Waals surface area (Å²) in [6.07, 6.45) is -1.31. The highest BCUT2D eigenvalue weighted by molar-refractivity contribution is 6.33. The molecule has 2 aromatic rings. The van der Waals surface area contributed by atoms with Crippen molar-refractivity contribution in [1.29, 1.82) is 0 Å². The van der Waals surface area contributed by atoms with Crippen LogP contribution in [0.15, 0.2) is 36.4 Å². The third kappa shape index (κ3) is 3.83. The van der Waals surface area contributed by atoms with Crippen LogP contribution < -0.4 is 5.32 Å². The summed E-state index contributed by atoms with van der Waals surface area (Å²) in [5, 5.41) is 12.4. The van der Waals surface area contributed by atoms with Crippen LogP contribution in [0.25, 0.3) is 0 Å². The Hall–Kier alpha value is -2.05. The van der Waals surface area contributed by atoms with Gasteiger partial charge >= 0.3 is 0 Å². The summed E-state index contributed by atoms with van der Waals surface area (Å²) < 4.78 is 39.8. The number of nitrogens with one attached hydrogen (secondary N) is 1. The molecule has 2 unspecified atom stereocenters. The first-order chi connectivity index (χ1) is 10.8. The number of carbonyl (C=O) groups excluding carboxylic acids is 1. The lowest BCUT2D eigenvalue weighted by Crippen LogP contribution is -2.37. The second kappa shape index (κ2) is 7.02. The first-order valence-corrected chi connectivity index (χ1v) is 7.07. The van der Waals surface area contributed by atoms with Crippen molar-refractivity contribution in [3.8, 4) is 0 Å². The Kier molecular flexibility index (Phi) is 5.28. The molecule has 0 spiro atoms. The summed E-state index contributed by atoms with van der Waals surface area (Å²) in [5.74, 6) is -3.78. The fourth-order valence-electron chi connectivity index (χ4n) is 2.06. The minimum atomic E-state index is -1.31. The van der Waals surface area contributed by atoms with Crippen LogP contribution >= 0.6 is 11.6 Å². The van der Waals surface area contributed by atoms with Crippen LogP contribution in [0, 0.1) is 17.5 Å². The van der Waals surface area contributed by atoms with Gasteiger partial charge in [0.2, 0.25) is 0 Å². The van der Waals surface area contributed by atoms with Gasteiger partial charge in [0.05, 0.1) is 22.7 Å². The lowest BCUT2D eigenvalue weighted by atomic mass is 10.0. The maximum atomic E-state index is 13.7. The Labute approximate surface area is 135 Å². The van der Waals surface area contributed by atoms with E-state index in [1.165, 1.54) is 25.1 Å². The van der Waals surface area contributed by atoms with Gasteiger partial charge < -0.3 is 10.4 Å². The molecule has 3 nitrogen and oxygen atoms in total. The number of aliphatic hydroxyl groups excluding tert-OH is 1. The van der Waals surface area contributed by atoms with Gasteiger partial charge in [-0.25, -0.2) is 13.2 Å². The van der Waals surface area contributed by atoms with Crippen LogP contribution in [0.1, 0.15) is 28.9 Å². The van der Waals surface area contributed by atoms with Crippen LogP contribution in [-0.2, 0) is 0 Å². The fourth-order valence-corrected chi connectivity index (χ4v) is 2.31. The summed E-state index contributed by atoms with van der Waals surface area (Å²) in [6, 6.07) is 5.81. The van der Waals surface area contributed by atoms with Gasteiger partial charge in [0, 0.05) is 0 Å². The summed E-state index contributed by atoms with van der Waals surface area (Å²) >= 11 is 5.79. The monoisotopic (exact) mass is 343 g/mol. The van der Waals surface area contributed by atoms with E-state index in [4.69, 9.17) is 11.6 Å². The minimum Gasteiger partial charge on any atom is -0.386 e. The Morgan fingerprint density at radius 1 is 1.13 bits per heavy atom. The standard InChI is InChI=1S/C16H13ClF3NO2/c1-8(15(22)9-5-6-11(18)13(20)7-9)21-16(23)14-10(17)3-2-4-12(14)19/h2-8,15,22H,1H3,(H,21,23). The van der Waals surface area contributed by atoms with Crippen LogP contribution in [0.5, 0.6) is 0 Å². The average molecular weight is 344 g/mol. The molecule has 2 N–H and O–H groups in total. The zero-order valence-electron chi connectivity index (χ0n) is 12.0. The largest absolute Gasteiger partial charge is 0.386 e. The van der Waals surface area contributed by atoms with Crippen molar-refractivity contribution < 1.29 is 23.1 Å². The van der Waals surface area contributed by atoms with Crippen LogP contribution in [0.4, 0.5) is 13.2 Å². The zero-order valence-corrected chi connectivity index (χ0v) is 12.7. The molecule has 122 valence electrons. The molecular weight excluding hydrogens is 331 g/mol. The van der Waals surface area contributed by atoms with Crippen LogP contribution in [-0.4, -0.2) is 17.1 Å². The second-order valence-electron chi connectivity index (χ2n) is 4.98. The molecule has 0 aliphatic heterocycles. The highest BCUT2D eigenvalue weighted by atomic mass is 35.5. The first kappa shape index (κ1) is 17.3. The maximum Gasteiger partial charge on any atom is 0.256 e. The molecule has 0 aliphatic rings. The van der Waals surface area contributed by atoms with E-state index in [0.29, 0.717) is 0 Å². The molecule has 2 atom stereocenters. The summed E-state index contributed by atoms with van der Waals surface area (Å²) in [4.78, 5) is 12.1. The number of hydrogen-bond donors (Lipinski definition) is 2. The fraction of sp³-hybridized carbons (Fsp3) is 0.188. The molecule has 23 heavy (non-hydrogen) atoms. The highest BCUT2D eigenvalue weighted by Crippen LogP contribution is 2.22. The van der Waals surface area contributed by atoms with Crippen molar-refractivity contribution in [2.24, 2.45) is 0 Å². The Morgan fingerprint density at radius 2 is 1.83 bits per heavy atom. The van der Waals surface area contributed by atoms with E-state index in [9.17, 15) is 23.1 Å². The van der Waals surface area contributed by atoms with Gasteiger partial charge in [0.1, 0.15) is 5.82 Å². The van der Waals surface area contributed by atoms with Crippen molar-refractivity contribution in [2.75, 3.05) is 0 Å². The van der Waals surface area contributed by atoms with Gasteiger partial charge in [-0.1, -0.05) is 23.7 Å². The Bertz CT molecular complexity index is 719. The number of rotatable bonds is 4. The quantitative estimate of drug-likeness (QED) is 0.891. The van der Waals surface area contributed by atoms with E-state index >= 15 is 0 Å². The van der Waals surface area contributed by atoms with Gasteiger partial charge in [-0.05, 0) is 36.8 Å². The molecule has 0 saturated carbocycles. The number of amides is 1. The molecule has 0 fully saturated rings. The summed E-state index contributed by atoms with van der Waals surface area (Å²) in [5.41, 5.74) is -0.269. The topological polar surface area (TPSA) is 49.3 Å². The smallest absolute Gasteiger partial charge is 0.256 e. The molecule has 0 heterocycles. The zero-order chi connectivity index (χ0) is 17.1. The number of benzene rings is 2. The molecule has 0 radical (unpaired) electrons. The first-order valence-electron chi connectivity index (χ1n) is 6.69. The van der Waals surface area contributed by atoms with Gasteiger partial charge in [-0.3, -0.25) is 4.79 Å². The summed E-state index contributed by atoms with van der Waals surface area (Å²) in [7, 11) is 0. The van der Waals surface area contributed by atoms with Crippen molar-refractivity contribution in [3.05, 3.63) is 70.0 Å². The molecule has 2 rings (SSSR count). The highest BCUT2D eigenvalue weighted by Gasteiger charge is 2.23. The van der Waals surface area contributed by atoms with Crippen LogP contribution in [0.2, 0.25) is 5.02 Å². The number of aliphatic hydroxyl groups is 1. The number of halogens is 4.